The molecule has 0 spiro atoms. The predicted octanol–water partition coefficient (Wildman–Crippen LogP) is 4.40. The van der Waals surface area contributed by atoms with E-state index >= 15 is 0 Å². The van der Waals surface area contributed by atoms with Crippen LogP contribution in [0.5, 0.6) is 5.75 Å². The van der Waals surface area contributed by atoms with Crippen LogP contribution >= 0.6 is 0 Å². The molecule has 0 saturated carbocycles. The molecule has 1 N–H and O–H groups in total. The lowest BCUT2D eigenvalue weighted by Gasteiger charge is -2.09. The second-order valence-electron chi connectivity index (χ2n) is 6.33. The molecule has 6 heteroatoms. The third-order valence-electron chi connectivity index (χ3n) is 4.39. The van der Waals surface area contributed by atoms with E-state index in [0.29, 0.717) is 5.69 Å². The average molecular weight is 375 g/mol. The lowest BCUT2D eigenvalue weighted by Crippen LogP contribution is -2.20. The summed E-state index contributed by atoms with van der Waals surface area (Å²) in [5.41, 5.74) is 3.44. The Kier molecular flexibility index (Phi) is 4.76. The molecule has 0 fully saturated rings. The number of amides is 1. The number of para-hydroxylation sites is 3. The SMILES string of the molecule is Cn1c(-c2cccc(NC(=O)COc3ccccc3F)c2)nc2ccccc21. The van der Waals surface area contributed by atoms with Crippen LogP contribution in [0.1, 0.15) is 0 Å². The number of halogens is 1. The molecule has 0 aliphatic carbocycles. The molecule has 1 amide bonds. The summed E-state index contributed by atoms with van der Waals surface area (Å²) in [6.45, 7) is -0.280. The number of ether oxygens (including phenoxy) is 1. The van der Waals surface area contributed by atoms with Crippen LogP contribution in [-0.2, 0) is 11.8 Å². The van der Waals surface area contributed by atoms with E-state index < -0.39 is 5.82 Å². The van der Waals surface area contributed by atoms with Crippen molar-refractivity contribution in [2.75, 3.05) is 11.9 Å². The van der Waals surface area contributed by atoms with Gasteiger partial charge in [0.25, 0.3) is 5.91 Å². The topological polar surface area (TPSA) is 56.2 Å². The lowest BCUT2D eigenvalue weighted by atomic mass is 10.2. The summed E-state index contributed by atoms with van der Waals surface area (Å²) in [5.74, 6) is -0.0180. The summed E-state index contributed by atoms with van der Waals surface area (Å²) >= 11 is 0. The van der Waals surface area contributed by atoms with Gasteiger partial charge in [0, 0.05) is 18.3 Å². The number of benzene rings is 3. The molecular weight excluding hydrogens is 357 g/mol. The zero-order valence-corrected chi connectivity index (χ0v) is 15.2. The largest absolute Gasteiger partial charge is 0.481 e. The molecule has 0 radical (unpaired) electrons. The first-order valence-corrected chi connectivity index (χ1v) is 8.81. The average Bonchev–Trinajstić information content (AvgIpc) is 3.05. The molecule has 4 rings (SSSR count). The Morgan fingerprint density at radius 3 is 2.68 bits per heavy atom. The van der Waals surface area contributed by atoms with Crippen LogP contribution in [0.25, 0.3) is 22.4 Å². The fourth-order valence-electron chi connectivity index (χ4n) is 3.04. The first kappa shape index (κ1) is 17.7. The molecule has 0 atom stereocenters. The Morgan fingerprint density at radius 1 is 1.07 bits per heavy atom. The van der Waals surface area contributed by atoms with Crippen molar-refractivity contribution >= 4 is 22.6 Å². The number of hydrogen-bond acceptors (Lipinski definition) is 3. The quantitative estimate of drug-likeness (QED) is 0.563. The Hall–Kier alpha value is -3.67. The predicted molar refractivity (Wildman–Crippen MR) is 107 cm³/mol. The summed E-state index contributed by atoms with van der Waals surface area (Å²) in [6.07, 6.45) is 0. The number of nitrogens with one attached hydrogen (secondary N) is 1. The highest BCUT2D eigenvalue weighted by Gasteiger charge is 2.11. The van der Waals surface area contributed by atoms with Crippen molar-refractivity contribution < 1.29 is 13.9 Å². The van der Waals surface area contributed by atoms with E-state index in [1.165, 1.54) is 12.1 Å². The minimum absolute atomic E-state index is 0.0473. The van der Waals surface area contributed by atoms with Crippen molar-refractivity contribution in [3.63, 3.8) is 0 Å². The first-order valence-electron chi connectivity index (χ1n) is 8.81. The zero-order valence-electron chi connectivity index (χ0n) is 15.2. The molecule has 140 valence electrons. The monoisotopic (exact) mass is 375 g/mol. The summed E-state index contributed by atoms with van der Waals surface area (Å²) < 4.78 is 20.8. The van der Waals surface area contributed by atoms with Crippen molar-refractivity contribution in [3.8, 4) is 17.1 Å². The molecule has 4 aromatic rings. The molecule has 0 saturated heterocycles. The Bertz CT molecular complexity index is 1150. The maximum Gasteiger partial charge on any atom is 0.262 e. The van der Waals surface area contributed by atoms with Crippen LogP contribution in [0.3, 0.4) is 0 Å². The highest BCUT2D eigenvalue weighted by molar-refractivity contribution is 5.92. The molecular formula is C22H18FN3O2. The van der Waals surface area contributed by atoms with Gasteiger partial charge in [0.2, 0.25) is 0 Å². The highest BCUT2D eigenvalue weighted by Crippen LogP contribution is 2.25. The number of hydrogen-bond donors (Lipinski definition) is 1. The molecule has 0 aliphatic rings. The van der Waals surface area contributed by atoms with Gasteiger partial charge >= 0.3 is 0 Å². The second-order valence-corrected chi connectivity index (χ2v) is 6.33. The third kappa shape index (κ3) is 3.57. The van der Waals surface area contributed by atoms with Crippen LogP contribution in [0.4, 0.5) is 10.1 Å². The molecule has 1 aromatic heterocycles. The van der Waals surface area contributed by atoms with Gasteiger partial charge in [-0.15, -0.1) is 0 Å². The molecule has 3 aromatic carbocycles. The minimum Gasteiger partial charge on any atom is -0.481 e. The summed E-state index contributed by atoms with van der Waals surface area (Å²) in [6, 6.07) is 21.3. The number of carbonyl (C=O) groups is 1. The molecule has 28 heavy (non-hydrogen) atoms. The standard InChI is InChI=1S/C22H18FN3O2/c1-26-19-11-4-3-10-18(19)25-22(26)15-7-6-8-16(13-15)24-21(27)14-28-20-12-5-2-9-17(20)23/h2-13H,14H2,1H3,(H,24,27). The Balaban J connectivity index is 1.50. The molecule has 0 unspecified atom stereocenters. The van der Waals surface area contributed by atoms with Crippen LogP contribution in [0, 0.1) is 5.82 Å². The highest BCUT2D eigenvalue weighted by atomic mass is 19.1. The first-order chi connectivity index (χ1) is 13.6. The fourth-order valence-corrected chi connectivity index (χ4v) is 3.04. The normalized spacial score (nSPS) is 10.8. The van der Waals surface area contributed by atoms with Gasteiger partial charge < -0.3 is 14.6 Å². The van der Waals surface area contributed by atoms with Gasteiger partial charge in [0.15, 0.2) is 18.2 Å². The summed E-state index contributed by atoms with van der Waals surface area (Å²) in [5, 5.41) is 2.77. The second kappa shape index (κ2) is 7.52. The number of aryl methyl sites for hydroxylation is 1. The number of carbonyl (C=O) groups excluding carboxylic acids is 1. The third-order valence-corrected chi connectivity index (χ3v) is 4.39. The van der Waals surface area contributed by atoms with E-state index in [1.807, 2.05) is 54.1 Å². The van der Waals surface area contributed by atoms with Crippen molar-refractivity contribution in [3.05, 3.63) is 78.6 Å². The number of aromatic nitrogens is 2. The summed E-state index contributed by atoms with van der Waals surface area (Å²) in [7, 11) is 1.96. The molecule has 5 nitrogen and oxygen atoms in total. The smallest absolute Gasteiger partial charge is 0.262 e. The van der Waals surface area contributed by atoms with Gasteiger partial charge in [-0.1, -0.05) is 36.4 Å². The van der Waals surface area contributed by atoms with Gasteiger partial charge in [-0.2, -0.15) is 0 Å². The van der Waals surface area contributed by atoms with Gasteiger partial charge in [-0.25, -0.2) is 9.37 Å². The van der Waals surface area contributed by atoms with Gasteiger partial charge in [-0.3, -0.25) is 4.79 Å². The Morgan fingerprint density at radius 2 is 1.86 bits per heavy atom. The maximum absolute atomic E-state index is 13.6. The van der Waals surface area contributed by atoms with E-state index in [1.54, 1.807) is 18.2 Å². The van der Waals surface area contributed by atoms with E-state index in [4.69, 9.17) is 4.74 Å². The maximum atomic E-state index is 13.6. The van der Waals surface area contributed by atoms with E-state index in [2.05, 4.69) is 10.3 Å². The van der Waals surface area contributed by atoms with E-state index in [9.17, 15) is 9.18 Å². The Labute approximate surface area is 161 Å². The zero-order chi connectivity index (χ0) is 19.5. The number of rotatable bonds is 5. The fraction of sp³-hybridized carbons (Fsp3) is 0.0909. The van der Waals surface area contributed by atoms with E-state index in [0.717, 1.165) is 22.4 Å². The summed E-state index contributed by atoms with van der Waals surface area (Å²) in [4.78, 5) is 16.8. The van der Waals surface area contributed by atoms with Crippen LogP contribution in [0.15, 0.2) is 72.8 Å². The van der Waals surface area contributed by atoms with Crippen LogP contribution in [0.2, 0.25) is 0 Å². The van der Waals surface area contributed by atoms with Gasteiger partial charge in [-0.05, 0) is 36.4 Å². The number of imidazole rings is 1. The van der Waals surface area contributed by atoms with Crippen molar-refractivity contribution in [2.24, 2.45) is 7.05 Å². The van der Waals surface area contributed by atoms with E-state index in [-0.39, 0.29) is 18.3 Å². The molecule has 0 bridgehead atoms. The van der Waals surface area contributed by atoms with Gasteiger partial charge in [0.05, 0.1) is 11.0 Å². The van der Waals surface area contributed by atoms with Crippen molar-refractivity contribution in [1.82, 2.24) is 9.55 Å². The lowest BCUT2D eigenvalue weighted by molar-refractivity contribution is -0.118. The molecule has 0 aliphatic heterocycles. The minimum atomic E-state index is -0.501. The number of anilines is 1. The van der Waals surface area contributed by atoms with Gasteiger partial charge in [0.1, 0.15) is 5.82 Å². The van der Waals surface area contributed by atoms with Crippen molar-refractivity contribution in [1.29, 1.82) is 0 Å². The molecule has 1 heterocycles. The number of nitrogens with zero attached hydrogens (tertiary/aromatic N) is 2. The van der Waals surface area contributed by atoms with Crippen molar-refractivity contribution in [2.45, 2.75) is 0 Å². The van der Waals surface area contributed by atoms with Crippen LogP contribution < -0.4 is 10.1 Å². The number of fused-ring (bicyclic) bond motifs is 1. The van der Waals surface area contributed by atoms with Crippen LogP contribution in [-0.4, -0.2) is 22.1 Å².